The minimum Gasteiger partial charge on any atom is -0.330 e. The molecule has 3 N–H and O–H groups in total. The Hall–Kier alpha value is -1.35. The van der Waals surface area contributed by atoms with Gasteiger partial charge in [0.2, 0.25) is 5.91 Å². The Morgan fingerprint density at radius 2 is 1.94 bits per heavy atom. The molecule has 1 amide bonds. The largest absolute Gasteiger partial charge is 0.330 e. The van der Waals surface area contributed by atoms with Crippen molar-refractivity contribution in [2.75, 3.05) is 11.9 Å². The lowest BCUT2D eigenvalue weighted by Gasteiger charge is -2.17. The number of hydrogen-bond donors (Lipinski definition) is 2. The molecule has 0 radical (unpaired) electrons. The maximum absolute atomic E-state index is 12.2. The molecule has 0 spiro atoms. The van der Waals surface area contributed by atoms with Crippen LogP contribution in [0.3, 0.4) is 0 Å². The molecule has 3 nitrogen and oxygen atoms in total. The molecule has 0 aliphatic carbocycles. The normalized spacial score (nSPS) is 12.2. The molecule has 1 unspecified atom stereocenters. The van der Waals surface area contributed by atoms with Gasteiger partial charge in [0.1, 0.15) is 0 Å². The van der Waals surface area contributed by atoms with E-state index in [1.54, 1.807) is 0 Å². The van der Waals surface area contributed by atoms with Crippen LogP contribution in [0.15, 0.2) is 18.2 Å². The van der Waals surface area contributed by atoms with Crippen LogP contribution in [-0.4, -0.2) is 12.5 Å². The molecule has 0 saturated carbocycles. The molecule has 18 heavy (non-hydrogen) atoms. The van der Waals surface area contributed by atoms with Gasteiger partial charge in [0.15, 0.2) is 0 Å². The number of amides is 1. The summed E-state index contributed by atoms with van der Waals surface area (Å²) in [4.78, 5) is 12.2. The molecule has 3 heteroatoms. The van der Waals surface area contributed by atoms with Gasteiger partial charge in [0.25, 0.3) is 0 Å². The zero-order valence-corrected chi connectivity index (χ0v) is 11.6. The molecule has 1 rings (SSSR count). The first-order chi connectivity index (χ1) is 8.60. The van der Waals surface area contributed by atoms with Crippen molar-refractivity contribution in [2.45, 2.75) is 40.0 Å². The second-order valence-corrected chi connectivity index (χ2v) is 4.79. The molecule has 0 fully saturated rings. The number of para-hydroxylation sites is 1. The van der Waals surface area contributed by atoms with E-state index in [9.17, 15) is 4.79 Å². The fourth-order valence-electron chi connectivity index (χ4n) is 2.12. The Morgan fingerprint density at radius 3 is 2.44 bits per heavy atom. The van der Waals surface area contributed by atoms with Crippen LogP contribution in [0.5, 0.6) is 0 Å². The first-order valence-corrected chi connectivity index (χ1v) is 6.67. The summed E-state index contributed by atoms with van der Waals surface area (Å²) < 4.78 is 0. The molecule has 0 heterocycles. The van der Waals surface area contributed by atoms with Gasteiger partial charge in [-0.3, -0.25) is 4.79 Å². The number of rotatable bonds is 6. The fourth-order valence-corrected chi connectivity index (χ4v) is 2.12. The van der Waals surface area contributed by atoms with Gasteiger partial charge in [0.05, 0.1) is 0 Å². The Balaban J connectivity index is 2.73. The molecular weight excluding hydrogens is 224 g/mol. The van der Waals surface area contributed by atoms with E-state index in [-0.39, 0.29) is 11.8 Å². The van der Waals surface area contributed by atoms with E-state index in [1.165, 1.54) is 0 Å². The predicted octanol–water partition coefficient (Wildman–Crippen LogP) is 3.01. The van der Waals surface area contributed by atoms with Crippen LogP contribution in [0.1, 0.15) is 37.3 Å². The standard InChI is InChI=1S/C15H24N2O/c1-4-13(9-6-10-16)15(18)17-14-11(2)7-5-8-12(14)3/h5,7-8,13H,4,6,9-10,16H2,1-3H3,(H,17,18). The molecule has 0 aliphatic heterocycles. The predicted molar refractivity (Wildman–Crippen MR) is 76.6 cm³/mol. The van der Waals surface area contributed by atoms with Crippen LogP contribution < -0.4 is 11.1 Å². The Labute approximate surface area is 110 Å². The topological polar surface area (TPSA) is 55.1 Å². The average Bonchev–Trinajstić information content (AvgIpc) is 2.35. The zero-order chi connectivity index (χ0) is 13.5. The maximum Gasteiger partial charge on any atom is 0.227 e. The summed E-state index contributed by atoms with van der Waals surface area (Å²) in [5, 5.41) is 3.06. The number of hydrogen-bond acceptors (Lipinski definition) is 2. The molecule has 1 aromatic rings. The lowest BCUT2D eigenvalue weighted by molar-refractivity contribution is -0.120. The quantitative estimate of drug-likeness (QED) is 0.813. The van der Waals surface area contributed by atoms with Gasteiger partial charge in [-0.25, -0.2) is 0 Å². The average molecular weight is 248 g/mol. The second kappa shape index (κ2) is 7.17. The highest BCUT2D eigenvalue weighted by molar-refractivity contribution is 5.93. The molecule has 1 atom stereocenters. The van der Waals surface area contributed by atoms with Crippen molar-refractivity contribution in [1.29, 1.82) is 0 Å². The van der Waals surface area contributed by atoms with Crippen LogP contribution in [0.2, 0.25) is 0 Å². The second-order valence-electron chi connectivity index (χ2n) is 4.79. The third-order valence-electron chi connectivity index (χ3n) is 3.35. The van der Waals surface area contributed by atoms with Crippen LogP contribution in [-0.2, 0) is 4.79 Å². The summed E-state index contributed by atoms with van der Waals surface area (Å²) in [7, 11) is 0. The minimum atomic E-state index is 0.0626. The van der Waals surface area contributed by atoms with Gasteiger partial charge >= 0.3 is 0 Å². The van der Waals surface area contributed by atoms with E-state index in [0.717, 1.165) is 36.1 Å². The molecule has 0 aliphatic rings. The summed E-state index contributed by atoms with van der Waals surface area (Å²) in [5.41, 5.74) is 8.67. The van der Waals surface area contributed by atoms with Crippen molar-refractivity contribution in [3.63, 3.8) is 0 Å². The number of benzene rings is 1. The van der Waals surface area contributed by atoms with E-state index >= 15 is 0 Å². The lowest BCUT2D eigenvalue weighted by atomic mass is 9.98. The number of nitrogens with one attached hydrogen (secondary N) is 1. The molecule has 1 aromatic carbocycles. The molecule has 100 valence electrons. The van der Waals surface area contributed by atoms with Crippen LogP contribution in [0.4, 0.5) is 5.69 Å². The summed E-state index contributed by atoms with van der Waals surface area (Å²) in [6.45, 7) is 6.73. The number of nitrogens with two attached hydrogens (primary N) is 1. The zero-order valence-electron chi connectivity index (χ0n) is 11.6. The van der Waals surface area contributed by atoms with Gasteiger partial charge in [-0.1, -0.05) is 25.1 Å². The third-order valence-corrected chi connectivity index (χ3v) is 3.35. The van der Waals surface area contributed by atoms with Crippen LogP contribution >= 0.6 is 0 Å². The van der Waals surface area contributed by atoms with Gasteiger partial charge < -0.3 is 11.1 Å². The Morgan fingerprint density at radius 1 is 1.33 bits per heavy atom. The smallest absolute Gasteiger partial charge is 0.227 e. The van der Waals surface area contributed by atoms with Crippen molar-refractivity contribution in [1.82, 2.24) is 0 Å². The number of anilines is 1. The first kappa shape index (κ1) is 14.7. The van der Waals surface area contributed by atoms with E-state index in [4.69, 9.17) is 5.73 Å². The van der Waals surface area contributed by atoms with Crippen molar-refractivity contribution in [3.8, 4) is 0 Å². The fraction of sp³-hybridized carbons (Fsp3) is 0.533. The SMILES string of the molecule is CCC(CCCN)C(=O)Nc1c(C)cccc1C. The molecule has 0 aromatic heterocycles. The van der Waals surface area contributed by atoms with E-state index in [1.807, 2.05) is 39.0 Å². The van der Waals surface area contributed by atoms with Crippen molar-refractivity contribution in [3.05, 3.63) is 29.3 Å². The van der Waals surface area contributed by atoms with Gasteiger partial charge in [-0.15, -0.1) is 0 Å². The first-order valence-electron chi connectivity index (χ1n) is 6.67. The lowest BCUT2D eigenvalue weighted by Crippen LogP contribution is -2.24. The maximum atomic E-state index is 12.2. The van der Waals surface area contributed by atoms with E-state index in [2.05, 4.69) is 5.32 Å². The molecule has 0 saturated heterocycles. The van der Waals surface area contributed by atoms with Crippen LogP contribution in [0, 0.1) is 19.8 Å². The summed E-state index contributed by atoms with van der Waals surface area (Å²) in [6, 6.07) is 6.04. The summed E-state index contributed by atoms with van der Waals surface area (Å²) in [6.07, 6.45) is 2.62. The van der Waals surface area contributed by atoms with Gasteiger partial charge in [-0.2, -0.15) is 0 Å². The molecular formula is C15H24N2O. The Bertz CT molecular complexity index is 381. The summed E-state index contributed by atoms with van der Waals surface area (Å²) >= 11 is 0. The molecule has 0 bridgehead atoms. The number of carbonyl (C=O) groups excluding carboxylic acids is 1. The third kappa shape index (κ3) is 3.84. The highest BCUT2D eigenvalue weighted by atomic mass is 16.1. The van der Waals surface area contributed by atoms with Crippen LogP contribution in [0.25, 0.3) is 0 Å². The van der Waals surface area contributed by atoms with Crippen molar-refractivity contribution in [2.24, 2.45) is 11.7 Å². The minimum absolute atomic E-state index is 0.0626. The number of carbonyl (C=O) groups is 1. The Kier molecular flexibility index (Phi) is 5.86. The van der Waals surface area contributed by atoms with E-state index < -0.39 is 0 Å². The number of aryl methyl sites for hydroxylation is 2. The monoisotopic (exact) mass is 248 g/mol. The van der Waals surface area contributed by atoms with Gasteiger partial charge in [-0.05, 0) is 50.8 Å². The summed E-state index contributed by atoms with van der Waals surface area (Å²) in [5.74, 6) is 0.177. The van der Waals surface area contributed by atoms with Gasteiger partial charge in [0, 0.05) is 11.6 Å². The highest BCUT2D eigenvalue weighted by Crippen LogP contribution is 2.21. The van der Waals surface area contributed by atoms with Crippen molar-refractivity contribution >= 4 is 11.6 Å². The highest BCUT2D eigenvalue weighted by Gasteiger charge is 2.17. The van der Waals surface area contributed by atoms with E-state index in [0.29, 0.717) is 6.54 Å². The van der Waals surface area contributed by atoms with Crippen molar-refractivity contribution < 1.29 is 4.79 Å².